The zero-order valence-corrected chi connectivity index (χ0v) is 19.3. The van der Waals surface area contributed by atoms with E-state index in [1.54, 1.807) is 13.8 Å². The van der Waals surface area contributed by atoms with Gasteiger partial charge in [-0.1, -0.05) is 32.4 Å². The molecular weight excluding hydrogens is 448 g/mol. The Kier molecular flexibility index (Phi) is 11.0. The van der Waals surface area contributed by atoms with Crippen molar-refractivity contribution in [2.24, 2.45) is 11.7 Å². The Hall–Kier alpha value is -3.67. The number of nitrogens with one attached hydrogen (secondary N) is 3. The molecule has 1 aromatic rings. The summed E-state index contributed by atoms with van der Waals surface area (Å²) in [6.07, 6.45) is -0.379. The third-order valence-corrected chi connectivity index (χ3v) is 5.21. The number of rotatable bonds is 13. The lowest BCUT2D eigenvalue weighted by Crippen LogP contribution is -2.59. The quantitative estimate of drug-likeness (QED) is 0.191. The van der Waals surface area contributed by atoms with Gasteiger partial charge in [-0.2, -0.15) is 0 Å². The molecule has 0 heterocycles. The number of aliphatic carboxylic acids is 2. The topological polar surface area (TPSA) is 208 Å². The van der Waals surface area contributed by atoms with Crippen molar-refractivity contribution in [1.29, 1.82) is 0 Å². The summed E-state index contributed by atoms with van der Waals surface area (Å²) in [7, 11) is 0. The van der Waals surface area contributed by atoms with E-state index >= 15 is 0 Å². The number of carboxylic acids is 2. The lowest BCUT2D eigenvalue weighted by Gasteiger charge is -2.27. The molecule has 0 spiro atoms. The van der Waals surface area contributed by atoms with Crippen molar-refractivity contribution < 1.29 is 39.3 Å². The van der Waals surface area contributed by atoms with Gasteiger partial charge in [0.05, 0.1) is 12.5 Å². The Morgan fingerprint density at radius 2 is 1.44 bits per heavy atom. The molecule has 12 nitrogen and oxygen atoms in total. The summed E-state index contributed by atoms with van der Waals surface area (Å²) in [6.45, 7) is 4.78. The molecule has 0 saturated heterocycles. The molecule has 3 amide bonds. The van der Waals surface area contributed by atoms with Gasteiger partial charge in [-0.25, -0.2) is 4.79 Å². The van der Waals surface area contributed by atoms with E-state index in [9.17, 15) is 34.2 Å². The molecule has 34 heavy (non-hydrogen) atoms. The molecule has 0 radical (unpaired) electrons. The van der Waals surface area contributed by atoms with Gasteiger partial charge >= 0.3 is 11.9 Å². The first-order valence-electron chi connectivity index (χ1n) is 10.7. The molecule has 12 heteroatoms. The van der Waals surface area contributed by atoms with Crippen LogP contribution < -0.4 is 21.7 Å². The Morgan fingerprint density at radius 3 is 1.91 bits per heavy atom. The van der Waals surface area contributed by atoms with Crippen molar-refractivity contribution in [1.82, 2.24) is 16.0 Å². The molecule has 0 aliphatic carbocycles. The Bertz CT molecular complexity index is 887. The minimum absolute atomic E-state index is 0.00578. The third-order valence-electron chi connectivity index (χ3n) is 5.21. The number of benzene rings is 1. The van der Waals surface area contributed by atoms with E-state index in [1.807, 2.05) is 0 Å². The Labute approximate surface area is 196 Å². The van der Waals surface area contributed by atoms with Crippen molar-refractivity contribution >= 4 is 29.7 Å². The number of amides is 3. The van der Waals surface area contributed by atoms with Crippen LogP contribution >= 0.6 is 0 Å². The van der Waals surface area contributed by atoms with E-state index in [4.69, 9.17) is 10.8 Å². The average molecular weight is 481 g/mol. The fraction of sp³-hybridized carbons (Fsp3) is 0.500. The van der Waals surface area contributed by atoms with Gasteiger partial charge in [0.2, 0.25) is 17.7 Å². The lowest BCUT2D eigenvalue weighted by molar-refractivity contribution is -0.143. The number of phenols is 1. The number of hydrogen-bond donors (Lipinski definition) is 7. The van der Waals surface area contributed by atoms with Crippen LogP contribution in [0.4, 0.5) is 0 Å². The highest BCUT2D eigenvalue weighted by Gasteiger charge is 2.33. The summed E-state index contributed by atoms with van der Waals surface area (Å²) < 4.78 is 0. The molecule has 0 fully saturated rings. The third kappa shape index (κ3) is 9.06. The van der Waals surface area contributed by atoms with Gasteiger partial charge < -0.3 is 37.0 Å². The zero-order chi connectivity index (χ0) is 26.0. The monoisotopic (exact) mass is 480 g/mol. The highest BCUT2D eigenvalue weighted by molar-refractivity contribution is 5.95. The summed E-state index contributed by atoms with van der Waals surface area (Å²) in [5.74, 6) is -5.53. The van der Waals surface area contributed by atoms with Crippen LogP contribution in [0.2, 0.25) is 0 Å². The SMILES string of the molecule is CCC(C)C(NC(=O)C(CC(=O)O)NC(=O)C(C)N)C(=O)NC(Cc1ccc(O)cc1)C(=O)O. The number of carbonyl (C=O) groups is 5. The van der Waals surface area contributed by atoms with Crippen molar-refractivity contribution in [3.05, 3.63) is 29.8 Å². The van der Waals surface area contributed by atoms with Crippen molar-refractivity contribution in [2.75, 3.05) is 0 Å². The van der Waals surface area contributed by atoms with E-state index in [0.717, 1.165) is 0 Å². The first kappa shape index (κ1) is 28.4. The molecule has 0 aliphatic rings. The molecule has 8 N–H and O–H groups in total. The van der Waals surface area contributed by atoms with Crippen molar-refractivity contribution in [3.63, 3.8) is 0 Å². The normalized spacial score (nSPS) is 15.2. The summed E-state index contributed by atoms with van der Waals surface area (Å²) in [5.41, 5.74) is 6.02. The number of carboxylic acid groups (broad SMARTS) is 2. The van der Waals surface area contributed by atoms with Crippen LogP contribution in [-0.4, -0.2) is 69.1 Å². The van der Waals surface area contributed by atoms with Crippen LogP contribution in [0.5, 0.6) is 5.75 Å². The molecule has 0 aromatic heterocycles. The lowest BCUT2D eigenvalue weighted by atomic mass is 9.96. The molecule has 0 bridgehead atoms. The summed E-state index contributed by atoms with van der Waals surface area (Å²) in [4.78, 5) is 60.5. The molecule has 1 aromatic carbocycles. The van der Waals surface area contributed by atoms with Crippen LogP contribution in [0, 0.1) is 5.92 Å². The summed E-state index contributed by atoms with van der Waals surface area (Å²) >= 11 is 0. The Morgan fingerprint density at radius 1 is 0.882 bits per heavy atom. The van der Waals surface area contributed by atoms with Crippen molar-refractivity contribution in [2.45, 2.75) is 64.2 Å². The largest absolute Gasteiger partial charge is 0.508 e. The van der Waals surface area contributed by atoms with Crippen LogP contribution in [0.1, 0.15) is 39.2 Å². The number of nitrogens with two attached hydrogens (primary N) is 1. The second-order valence-electron chi connectivity index (χ2n) is 8.09. The fourth-order valence-electron chi connectivity index (χ4n) is 2.97. The van der Waals surface area contributed by atoms with Gasteiger partial charge in [0.15, 0.2) is 0 Å². The van der Waals surface area contributed by atoms with Crippen LogP contribution in [0.15, 0.2) is 24.3 Å². The summed E-state index contributed by atoms with van der Waals surface area (Å²) in [5, 5.41) is 35.1. The standard InChI is InChI=1S/C22H32N4O8/c1-4-11(2)18(26-20(31)15(10-17(28)29)24-19(30)12(3)23)21(32)25-16(22(33)34)9-13-5-7-14(27)8-6-13/h5-8,11-12,15-16,18,27H,4,9-10,23H2,1-3H3,(H,24,30)(H,25,32)(H,26,31)(H,28,29)(H,33,34). The second kappa shape index (κ2) is 13.1. The van der Waals surface area contributed by atoms with Crippen LogP contribution in [-0.2, 0) is 30.4 Å². The summed E-state index contributed by atoms with van der Waals surface area (Å²) in [6, 6.07) is 0.813. The van der Waals surface area contributed by atoms with Gasteiger partial charge in [0.25, 0.3) is 0 Å². The van der Waals surface area contributed by atoms with E-state index in [1.165, 1.54) is 31.2 Å². The minimum atomic E-state index is -1.48. The molecule has 5 unspecified atom stereocenters. The minimum Gasteiger partial charge on any atom is -0.508 e. The molecular formula is C22H32N4O8. The van der Waals surface area contributed by atoms with Crippen LogP contribution in [0.3, 0.4) is 0 Å². The van der Waals surface area contributed by atoms with Gasteiger partial charge in [0, 0.05) is 6.42 Å². The number of aromatic hydroxyl groups is 1. The maximum atomic E-state index is 13.0. The van der Waals surface area contributed by atoms with Gasteiger partial charge in [-0.15, -0.1) is 0 Å². The molecule has 0 saturated carbocycles. The van der Waals surface area contributed by atoms with Crippen LogP contribution in [0.25, 0.3) is 0 Å². The number of hydrogen-bond acceptors (Lipinski definition) is 7. The van der Waals surface area contributed by atoms with E-state index in [2.05, 4.69) is 16.0 Å². The first-order chi connectivity index (χ1) is 15.8. The average Bonchev–Trinajstić information content (AvgIpc) is 2.76. The van der Waals surface area contributed by atoms with Gasteiger partial charge in [-0.05, 0) is 30.5 Å². The molecule has 0 aliphatic heterocycles. The fourth-order valence-corrected chi connectivity index (χ4v) is 2.97. The number of phenolic OH excluding ortho intramolecular Hbond substituents is 1. The highest BCUT2D eigenvalue weighted by atomic mass is 16.4. The maximum Gasteiger partial charge on any atom is 0.326 e. The highest BCUT2D eigenvalue weighted by Crippen LogP contribution is 2.13. The molecule has 1 rings (SSSR count). The second-order valence-corrected chi connectivity index (χ2v) is 8.09. The predicted octanol–water partition coefficient (Wildman–Crippen LogP) is -0.658. The Balaban J connectivity index is 3.03. The van der Waals surface area contributed by atoms with E-state index < -0.39 is 66.2 Å². The first-order valence-corrected chi connectivity index (χ1v) is 10.7. The van der Waals surface area contributed by atoms with E-state index in [0.29, 0.717) is 12.0 Å². The van der Waals surface area contributed by atoms with Crippen molar-refractivity contribution in [3.8, 4) is 5.75 Å². The van der Waals surface area contributed by atoms with E-state index in [-0.39, 0.29) is 12.2 Å². The van der Waals surface area contributed by atoms with Gasteiger partial charge in [0.1, 0.15) is 23.9 Å². The predicted molar refractivity (Wildman–Crippen MR) is 121 cm³/mol. The smallest absolute Gasteiger partial charge is 0.326 e. The molecule has 188 valence electrons. The molecule has 5 atom stereocenters. The number of carbonyl (C=O) groups excluding carboxylic acids is 3. The maximum absolute atomic E-state index is 13.0. The zero-order valence-electron chi connectivity index (χ0n) is 19.3. The van der Waals surface area contributed by atoms with Gasteiger partial charge in [-0.3, -0.25) is 19.2 Å².